The largest absolute Gasteiger partial charge is 0.328 e. The molecule has 19 heavy (non-hydrogen) atoms. The van der Waals surface area contributed by atoms with Crippen molar-refractivity contribution in [3.8, 4) is 0 Å². The summed E-state index contributed by atoms with van der Waals surface area (Å²) in [5.41, 5.74) is 5.72. The molecule has 2 N–H and O–H groups in total. The molecule has 1 aliphatic rings. The van der Waals surface area contributed by atoms with Crippen molar-refractivity contribution < 1.29 is 12.8 Å². The van der Waals surface area contributed by atoms with Gasteiger partial charge in [-0.2, -0.15) is 4.31 Å². The molecule has 0 aliphatic carbocycles. The molecule has 4 nitrogen and oxygen atoms in total. The van der Waals surface area contributed by atoms with Gasteiger partial charge in [-0.3, -0.25) is 0 Å². The number of sulfonamides is 1. The number of nitrogens with zero attached hydrogens (tertiary/aromatic N) is 1. The monoisotopic (exact) mass is 328 g/mol. The van der Waals surface area contributed by atoms with E-state index in [0.29, 0.717) is 25.9 Å². The highest BCUT2D eigenvalue weighted by atomic mass is 35.5. The molecule has 108 valence electrons. The van der Waals surface area contributed by atoms with Crippen LogP contribution < -0.4 is 5.73 Å². The molecule has 2 rings (SSSR count). The summed E-state index contributed by atoms with van der Waals surface area (Å²) in [7, 11) is -3.82. The summed E-state index contributed by atoms with van der Waals surface area (Å²) in [5, 5.41) is 0.198. The maximum atomic E-state index is 13.6. The number of halogens is 3. The van der Waals surface area contributed by atoms with E-state index in [1.807, 2.05) is 0 Å². The maximum Gasteiger partial charge on any atom is 0.246 e. The van der Waals surface area contributed by atoms with Crippen LogP contribution in [0.15, 0.2) is 23.1 Å². The van der Waals surface area contributed by atoms with E-state index in [9.17, 15) is 12.8 Å². The van der Waals surface area contributed by atoms with Crippen LogP contribution in [0.5, 0.6) is 0 Å². The highest BCUT2D eigenvalue weighted by Crippen LogP contribution is 2.25. The van der Waals surface area contributed by atoms with Crippen LogP contribution in [-0.4, -0.2) is 31.9 Å². The zero-order valence-electron chi connectivity index (χ0n) is 10.1. The predicted molar refractivity (Wildman–Crippen MR) is 74.6 cm³/mol. The molecular weight excluding hydrogens is 314 g/mol. The summed E-state index contributed by atoms with van der Waals surface area (Å²) in [6, 6.07) is 3.54. The van der Waals surface area contributed by atoms with Crippen molar-refractivity contribution in [2.45, 2.75) is 23.8 Å². The van der Waals surface area contributed by atoms with Crippen LogP contribution in [0.1, 0.15) is 12.8 Å². The quantitative estimate of drug-likeness (QED) is 0.903. The Balaban J connectivity index is 0.00000180. The Morgan fingerprint density at radius 2 is 1.89 bits per heavy atom. The molecule has 1 aromatic rings. The highest BCUT2D eigenvalue weighted by Gasteiger charge is 2.30. The minimum Gasteiger partial charge on any atom is -0.328 e. The molecule has 0 saturated carbocycles. The molecule has 0 unspecified atom stereocenters. The van der Waals surface area contributed by atoms with Crippen molar-refractivity contribution in [1.82, 2.24) is 4.31 Å². The van der Waals surface area contributed by atoms with Crippen LogP contribution in [0, 0.1) is 5.82 Å². The van der Waals surface area contributed by atoms with Crippen LogP contribution in [-0.2, 0) is 10.0 Å². The Kier molecular flexibility index (Phi) is 5.58. The Labute approximate surface area is 123 Å². The van der Waals surface area contributed by atoms with Gasteiger partial charge >= 0.3 is 0 Å². The lowest BCUT2D eigenvalue weighted by Gasteiger charge is -2.29. The Hall–Kier alpha value is -0.400. The lowest BCUT2D eigenvalue weighted by atomic mass is 10.1. The Morgan fingerprint density at radius 3 is 2.47 bits per heavy atom. The third kappa shape index (κ3) is 3.58. The second kappa shape index (κ2) is 6.37. The van der Waals surface area contributed by atoms with Gasteiger partial charge in [-0.1, -0.05) is 11.6 Å². The third-order valence-corrected chi connectivity index (χ3v) is 5.16. The fraction of sp³-hybridized carbons (Fsp3) is 0.455. The summed E-state index contributed by atoms with van der Waals surface area (Å²) in [6.45, 7) is 0.630. The standard InChI is InChI=1S/C11H14ClFN2O2S.ClH/c12-8-1-2-10(13)11(7-8)18(16,17)15-5-3-9(14)4-6-15;/h1-2,7,9H,3-6,14H2;1H. The first-order valence-electron chi connectivity index (χ1n) is 5.62. The van der Waals surface area contributed by atoms with Crippen molar-refractivity contribution in [1.29, 1.82) is 0 Å². The lowest BCUT2D eigenvalue weighted by molar-refractivity contribution is 0.319. The molecule has 8 heteroatoms. The van der Waals surface area contributed by atoms with E-state index in [2.05, 4.69) is 0 Å². The fourth-order valence-electron chi connectivity index (χ4n) is 1.93. The first-order chi connectivity index (χ1) is 8.41. The highest BCUT2D eigenvalue weighted by molar-refractivity contribution is 7.89. The smallest absolute Gasteiger partial charge is 0.246 e. The molecule has 0 bridgehead atoms. The zero-order chi connectivity index (χ0) is 13.3. The zero-order valence-corrected chi connectivity index (χ0v) is 12.4. The molecule has 1 saturated heterocycles. The lowest BCUT2D eigenvalue weighted by Crippen LogP contribution is -2.42. The van der Waals surface area contributed by atoms with E-state index in [1.54, 1.807) is 0 Å². The van der Waals surface area contributed by atoms with Gasteiger partial charge in [0.05, 0.1) is 0 Å². The second-order valence-electron chi connectivity index (χ2n) is 4.32. The van der Waals surface area contributed by atoms with Gasteiger partial charge in [0.2, 0.25) is 10.0 Å². The number of rotatable bonds is 2. The molecule has 1 aliphatic heterocycles. The Morgan fingerprint density at radius 1 is 1.32 bits per heavy atom. The van der Waals surface area contributed by atoms with Gasteiger partial charge in [-0.25, -0.2) is 12.8 Å². The van der Waals surface area contributed by atoms with Gasteiger partial charge in [0.1, 0.15) is 10.7 Å². The summed E-state index contributed by atoms with van der Waals surface area (Å²) in [6.07, 6.45) is 1.17. The van der Waals surface area contributed by atoms with E-state index in [0.717, 1.165) is 12.1 Å². The first-order valence-corrected chi connectivity index (χ1v) is 7.44. The molecule has 0 aromatic heterocycles. The van der Waals surface area contributed by atoms with Crippen molar-refractivity contribution in [2.24, 2.45) is 5.73 Å². The predicted octanol–water partition coefficient (Wildman–Crippen LogP) is 2.01. The van der Waals surface area contributed by atoms with Gasteiger partial charge < -0.3 is 5.73 Å². The number of hydrogen-bond donors (Lipinski definition) is 1. The second-order valence-corrected chi connectivity index (χ2v) is 6.66. The van der Waals surface area contributed by atoms with Crippen molar-refractivity contribution in [3.63, 3.8) is 0 Å². The van der Waals surface area contributed by atoms with Gasteiger partial charge in [0, 0.05) is 24.2 Å². The van der Waals surface area contributed by atoms with E-state index >= 15 is 0 Å². The average Bonchev–Trinajstić information content (AvgIpc) is 2.32. The summed E-state index contributed by atoms with van der Waals surface area (Å²) in [4.78, 5) is -0.370. The average molecular weight is 329 g/mol. The molecule has 0 spiro atoms. The summed E-state index contributed by atoms with van der Waals surface area (Å²) >= 11 is 5.72. The van der Waals surface area contributed by atoms with Gasteiger partial charge in [-0.15, -0.1) is 12.4 Å². The molecule has 1 aromatic carbocycles. The normalized spacial score (nSPS) is 18.1. The molecule has 0 atom stereocenters. The number of nitrogens with two attached hydrogens (primary N) is 1. The first kappa shape index (κ1) is 16.7. The van der Waals surface area contributed by atoms with Gasteiger partial charge in [0.15, 0.2) is 0 Å². The molecule has 0 amide bonds. The van der Waals surface area contributed by atoms with E-state index in [-0.39, 0.29) is 28.4 Å². The van der Waals surface area contributed by atoms with E-state index in [4.69, 9.17) is 17.3 Å². The molecular formula is C11H15Cl2FN2O2S. The van der Waals surface area contributed by atoms with Crippen LogP contribution >= 0.6 is 24.0 Å². The van der Waals surface area contributed by atoms with Gasteiger partial charge in [-0.05, 0) is 31.0 Å². The van der Waals surface area contributed by atoms with E-state index in [1.165, 1.54) is 10.4 Å². The van der Waals surface area contributed by atoms with Crippen molar-refractivity contribution >= 4 is 34.0 Å². The third-order valence-electron chi connectivity index (χ3n) is 3.01. The van der Waals surface area contributed by atoms with Crippen LogP contribution in [0.2, 0.25) is 5.02 Å². The maximum absolute atomic E-state index is 13.6. The molecule has 1 fully saturated rings. The van der Waals surface area contributed by atoms with Crippen LogP contribution in [0.3, 0.4) is 0 Å². The Bertz CT molecular complexity index is 546. The van der Waals surface area contributed by atoms with Crippen LogP contribution in [0.25, 0.3) is 0 Å². The number of piperidine rings is 1. The van der Waals surface area contributed by atoms with Gasteiger partial charge in [0.25, 0.3) is 0 Å². The fourth-order valence-corrected chi connectivity index (χ4v) is 3.73. The topological polar surface area (TPSA) is 63.4 Å². The minimum atomic E-state index is -3.82. The number of hydrogen-bond acceptors (Lipinski definition) is 3. The summed E-state index contributed by atoms with van der Waals surface area (Å²) < 4.78 is 39.4. The van der Waals surface area contributed by atoms with Crippen molar-refractivity contribution in [3.05, 3.63) is 29.0 Å². The number of benzene rings is 1. The SMILES string of the molecule is Cl.NC1CCN(S(=O)(=O)c2cc(Cl)ccc2F)CC1. The van der Waals surface area contributed by atoms with E-state index < -0.39 is 15.8 Å². The van der Waals surface area contributed by atoms with Crippen LogP contribution in [0.4, 0.5) is 4.39 Å². The molecule has 1 heterocycles. The minimum absolute atomic E-state index is 0. The molecule has 0 radical (unpaired) electrons. The summed E-state index contributed by atoms with van der Waals surface area (Å²) in [5.74, 6) is -0.783. The van der Waals surface area contributed by atoms with Crippen molar-refractivity contribution in [2.75, 3.05) is 13.1 Å².